The van der Waals surface area contributed by atoms with E-state index in [1.165, 1.54) is 35.7 Å². The van der Waals surface area contributed by atoms with E-state index in [-0.39, 0.29) is 21.4 Å². The van der Waals surface area contributed by atoms with Crippen molar-refractivity contribution in [2.24, 2.45) is 17.8 Å². The zero-order valence-corrected chi connectivity index (χ0v) is 19.9. The van der Waals surface area contributed by atoms with Crippen molar-refractivity contribution in [3.63, 3.8) is 0 Å². The van der Waals surface area contributed by atoms with Crippen molar-refractivity contribution in [2.75, 3.05) is 32.7 Å². The van der Waals surface area contributed by atoms with E-state index in [4.69, 9.17) is 23.2 Å². The molecule has 1 saturated heterocycles. The van der Waals surface area contributed by atoms with Gasteiger partial charge in [-0.15, -0.1) is 0 Å². The molecule has 170 valence electrons. The predicted molar refractivity (Wildman–Crippen MR) is 121 cm³/mol. The third-order valence-corrected chi connectivity index (χ3v) is 10.3. The van der Waals surface area contributed by atoms with Crippen LogP contribution in [0.2, 0.25) is 10.0 Å². The molecule has 1 aromatic carbocycles. The summed E-state index contributed by atoms with van der Waals surface area (Å²) in [6.07, 6.45) is 7.46. The number of benzene rings is 1. The highest BCUT2D eigenvalue weighted by Gasteiger charge is 2.51. The first-order valence-corrected chi connectivity index (χ1v) is 13.4. The number of carbonyl (C=O) groups is 1. The highest BCUT2D eigenvalue weighted by molar-refractivity contribution is 7.89. The molecule has 0 unspecified atom stereocenters. The fraction of sp³-hybridized carbons (Fsp3) is 0.682. The van der Waals surface area contributed by atoms with Gasteiger partial charge in [-0.25, -0.2) is 8.42 Å². The van der Waals surface area contributed by atoms with Gasteiger partial charge in [-0.05, 0) is 74.5 Å². The maximum atomic E-state index is 13.0. The Bertz CT molecular complexity index is 941. The molecule has 0 radical (unpaired) electrons. The summed E-state index contributed by atoms with van der Waals surface area (Å²) in [6, 6.07) is 4.47. The molecular formula is C22H29Cl2N3O3S. The van der Waals surface area contributed by atoms with Crippen molar-refractivity contribution in [1.82, 2.24) is 14.5 Å². The van der Waals surface area contributed by atoms with Crippen LogP contribution in [0.25, 0.3) is 0 Å². The number of hydrogen-bond donors (Lipinski definition) is 1. The van der Waals surface area contributed by atoms with E-state index in [2.05, 4.69) is 5.32 Å². The van der Waals surface area contributed by atoms with Crippen molar-refractivity contribution in [3.8, 4) is 0 Å². The molecule has 5 fully saturated rings. The van der Waals surface area contributed by atoms with Gasteiger partial charge in [0.15, 0.2) is 0 Å². The highest BCUT2D eigenvalue weighted by atomic mass is 35.5. The minimum Gasteiger partial charge on any atom is -0.350 e. The lowest BCUT2D eigenvalue weighted by Gasteiger charge is -2.57. The topological polar surface area (TPSA) is 69.7 Å². The molecule has 4 bridgehead atoms. The lowest BCUT2D eigenvalue weighted by Crippen LogP contribution is -2.61. The van der Waals surface area contributed by atoms with Crippen molar-refractivity contribution < 1.29 is 13.2 Å². The van der Waals surface area contributed by atoms with Crippen LogP contribution in [0, 0.1) is 17.8 Å². The van der Waals surface area contributed by atoms with E-state index in [0.717, 1.165) is 37.0 Å². The maximum absolute atomic E-state index is 13.0. The van der Waals surface area contributed by atoms with Gasteiger partial charge in [0.2, 0.25) is 15.9 Å². The Morgan fingerprint density at radius 2 is 1.58 bits per heavy atom. The molecule has 1 N–H and O–H groups in total. The molecule has 0 aromatic heterocycles. The van der Waals surface area contributed by atoms with Gasteiger partial charge in [0.25, 0.3) is 0 Å². The second kappa shape index (κ2) is 8.17. The minimum absolute atomic E-state index is 0.0142. The van der Waals surface area contributed by atoms with E-state index >= 15 is 0 Å². The largest absolute Gasteiger partial charge is 0.350 e. The van der Waals surface area contributed by atoms with Crippen LogP contribution >= 0.6 is 23.2 Å². The molecule has 6 nitrogen and oxygen atoms in total. The maximum Gasteiger partial charge on any atom is 0.244 e. The van der Waals surface area contributed by atoms with Crippen LogP contribution in [0.15, 0.2) is 23.1 Å². The Kier molecular flexibility index (Phi) is 5.79. The molecule has 0 atom stereocenters. The summed E-state index contributed by atoms with van der Waals surface area (Å²) in [7, 11) is -3.71. The lowest BCUT2D eigenvalue weighted by atomic mass is 9.53. The summed E-state index contributed by atoms with van der Waals surface area (Å²) in [5.74, 6) is 2.45. The quantitative estimate of drug-likeness (QED) is 0.693. The summed E-state index contributed by atoms with van der Waals surface area (Å²) in [4.78, 5) is 14.9. The van der Waals surface area contributed by atoms with E-state index in [0.29, 0.717) is 37.7 Å². The standard InChI is InChI=1S/C22H29Cl2N3O3S/c23-18-1-2-19(24)20(10-18)31(29,30)27-5-3-26(4-6-27)14-21(28)25-22-11-15-7-16(12-22)9-17(8-15)13-22/h1-2,10,15-17H,3-9,11-14H2,(H,25,28). The number of nitrogens with zero attached hydrogens (tertiary/aromatic N) is 2. The van der Waals surface area contributed by atoms with Gasteiger partial charge in [-0.2, -0.15) is 4.31 Å². The van der Waals surface area contributed by atoms with Crippen LogP contribution in [0.5, 0.6) is 0 Å². The first-order valence-electron chi connectivity index (χ1n) is 11.2. The van der Waals surface area contributed by atoms with E-state index < -0.39 is 10.0 Å². The zero-order valence-electron chi connectivity index (χ0n) is 17.5. The number of nitrogens with one attached hydrogen (secondary N) is 1. The van der Waals surface area contributed by atoms with Gasteiger partial charge >= 0.3 is 0 Å². The van der Waals surface area contributed by atoms with Gasteiger partial charge in [0.05, 0.1) is 11.6 Å². The smallest absolute Gasteiger partial charge is 0.244 e. The Morgan fingerprint density at radius 3 is 2.16 bits per heavy atom. The molecule has 9 heteroatoms. The van der Waals surface area contributed by atoms with Gasteiger partial charge in [-0.3, -0.25) is 9.69 Å². The number of rotatable bonds is 5. The second-order valence-corrected chi connectivity index (χ2v) is 12.8. The molecule has 31 heavy (non-hydrogen) atoms. The van der Waals surface area contributed by atoms with E-state index in [1.54, 1.807) is 6.07 Å². The Hall–Kier alpha value is -0.860. The van der Waals surface area contributed by atoms with E-state index in [9.17, 15) is 13.2 Å². The zero-order chi connectivity index (χ0) is 21.8. The van der Waals surface area contributed by atoms with Crippen molar-refractivity contribution >= 4 is 39.1 Å². The fourth-order valence-electron chi connectivity index (χ4n) is 6.74. The summed E-state index contributed by atoms with van der Waals surface area (Å²) >= 11 is 12.1. The molecule has 1 aromatic rings. The molecule has 4 aliphatic carbocycles. The van der Waals surface area contributed by atoms with Crippen LogP contribution in [-0.4, -0.2) is 61.8 Å². The molecule has 1 heterocycles. The number of halogens is 2. The van der Waals surface area contributed by atoms with Gasteiger partial charge in [0.1, 0.15) is 4.90 Å². The van der Waals surface area contributed by atoms with Gasteiger partial charge in [-0.1, -0.05) is 23.2 Å². The molecule has 1 aliphatic heterocycles. The molecule has 4 saturated carbocycles. The molecule has 6 rings (SSSR count). The predicted octanol–water partition coefficient (Wildman–Crippen LogP) is 3.38. The Morgan fingerprint density at radius 1 is 1.00 bits per heavy atom. The van der Waals surface area contributed by atoms with Crippen molar-refractivity contribution in [2.45, 2.75) is 49.0 Å². The molecule has 0 spiro atoms. The van der Waals surface area contributed by atoms with E-state index in [1.807, 2.05) is 4.90 Å². The molecule has 1 amide bonds. The number of hydrogen-bond acceptors (Lipinski definition) is 4. The number of amides is 1. The van der Waals surface area contributed by atoms with Crippen molar-refractivity contribution in [1.29, 1.82) is 0 Å². The fourth-order valence-corrected chi connectivity index (χ4v) is 8.90. The summed E-state index contributed by atoms with van der Waals surface area (Å²) < 4.78 is 27.4. The lowest BCUT2D eigenvalue weighted by molar-refractivity contribution is -0.128. The number of piperazine rings is 1. The number of sulfonamides is 1. The monoisotopic (exact) mass is 485 g/mol. The van der Waals surface area contributed by atoms with Gasteiger partial charge < -0.3 is 5.32 Å². The summed E-state index contributed by atoms with van der Waals surface area (Å²) in [5, 5.41) is 3.91. The van der Waals surface area contributed by atoms with Crippen LogP contribution in [-0.2, 0) is 14.8 Å². The van der Waals surface area contributed by atoms with Gasteiger partial charge in [0, 0.05) is 36.7 Å². The highest BCUT2D eigenvalue weighted by Crippen LogP contribution is 2.55. The molecule has 5 aliphatic rings. The first-order chi connectivity index (χ1) is 14.7. The minimum atomic E-state index is -3.71. The average Bonchev–Trinajstić information content (AvgIpc) is 2.68. The molecular weight excluding hydrogens is 457 g/mol. The summed E-state index contributed by atoms with van der Waals surface area (Å²) in [6.45, 7) is 2.02. The SMILES string of the molecule is O=C(CN1CCN(S(=O)(=O)c2cc(Cl)ccc2Cl)CC1)NC12CC3CC(CC(C3)C1)C2. The van der Waals surface area contributed by atoms with Crippen LogP contribution in [0.4, 0.5) is 0 Å². The first kappa shape index (κ1) is 22.0. The van der Waals surface area contributed by atoms with Crippen LogP contribution < -0.4 is 5.32 Å². The van der Waals surface area contributed by atoms with Crippen LogP contribution in [0.3, 0.4) is 0 Å². The Labute approximate surface area is 194 Å². The number of carbonyl (C=O) groups excluding carboxylic acids is 1. The normalized spacial score (nSPS) is 33.5. The second-order valence-electron chi connectivity index (χ2n) is 10.0. The Balaban J connectivity index is 1.17. The summed E-state index contributed by atoms with van der Waals surface area (Å²) in [5.41, 5.74) is 0.0142. The third kappa shape index (κ3) is 4.36. The average molecular weight is 486 g/mol. The third-order valence-electron chi connectivity index (χ3n) is 7.65. The van der Waals surface area contributed by atoms with Crippen LogP contribution in [0.1, 0.15) is 38.5 Å². The van der Waals surface area contributed by atoms with Crippen molar-refractivity contribution in [3.05, 3.63) is 28.2 Å².